The van der Waals surface area contributed by atoms with Gasteiger partial charge < -0.3 is 10.0 Å². The number of hydrogen-bond donors (Lipinski definition) is 1. The van der Waals surface area contributed by atoms with Crippen LogP contribution in [0.4, 0.5) is 11.5 Å². The molecule has 0 unspecified atom stereocenters. The fourth-order valence-corrected chi connectivity index (χ4v) is 2.91. The fraction of sp³-hybridized carbons (Fsp3) is 0.353. The van der Waals surface area contributed by atoms with Crippen LogP contribution in [0.5, 0.6) is 0 Å². The van der Waals surface area contributed by atoms with Crippen LogP contribution in [-0.2, 0) is 13.0 Å². The molecule has 0 fully saturated rings. The van der Waals surface area contributed by atoms with Gasteiger partial charge in [-0.2, -0.15) is 0 Å². The van der Waals surface area contributed by atoms with Crippen LogP contribution in [0.25, 0.3) is 0 Å². The fourth-order valence-electron chi connectivity index (χ4n) is 2.91. The number of pyridine rings is 1. The molecule has 1 aliphatic rings. The van der Waals surface area contributed by atoms with E-state index in [0.717, 1.165) is 36.5 Å². The molecule has 0 bridgehead atoms. The standard InChI is InChI=1S/C17H20N2O/c1-12-5-6-16-15(8-12)4-3-7-19(16)17-10-14(11-20)9-13(2)18-17/h5-6,8-10,20H,3-4,7,11H2,1-2H3. The third kappa shape index (κ3) is 2.41. The average molecular weight is 268 g/mol. The summed E-state index contributed by atoms with van der Waals surface area (Å²) < 4.78 is 0. The average Bonchev–Trinajstić information content (AvgIpc) is 2.45. The quantitative estimate of drug-likeness (QED) is 0.908. The number of benzene rings is 1. The monoisotopic (exact) mass is 268 g/mol. The summed E-state index contributed by atoms with van der Waals surface area (Å²) in [6, 6.07) is 10.5. The molecule has 0 radical (unpaired) electrons. The normalized spacial score (nSPS) is 14.2. The minimum Gasteiger partial charge on any atom is -0.392 e. The highest BCUT2D eigenvalue weighted by molar-refractivity contribution is 5.66. The van der Waals surface area contributed by atoms with E-state index >= 15 is 0 Å². The van der Waals surface area contributed by atoms with Crippen LogP contribution in [0, 0.1) is 13.8 Å². The zero-order chi connectivity index (χ0) is 14.1. The molecule has 2 heterocycles. The van der Waals surface area contributed by atoms with Crippen molar-refractivity contribution >= 4 is 11.5 Å². The molecule has 3 heteroatoms. The predicted octanol–water partition coefficient (Wildman–Crippen LogP) is 3.28. The maximum absolute atomic E-state index is 9.37. The Morgan fingerprint density at radius 3 is 2.85 bits per heavy atom. The summed E-state index contributed by atoms with van der Waals surface area (Å²) in [6.07, 6.45) is 2.27. The molecule has 0 saturated heterocycles. The van der Waals surface area contributed by atoms with E-state index in [2.05, 4.69) is 35.0 Å². The smallest absolute Gasteiger partial charge is 0.133 e. The van der Waals surface area contributed by atoms with Gasteiger partial charge in [-0.25, -0.2) is 4.98 Å². The van der Waals surface area contributed by atoms with Crippen molar-refractivity contribution in [1.82, 2.24) is 4.98 Å². The Kier molecular flexibility index (Phi) is 3.45. The summed E-state index contributed by atoms with van der Waals surface area (Å²) >= 11 is 0. The molecular formula is C17H20N2O. The number of anilines is 2. The number of aryl methyl sites for hydroxylation is 3. The Labute approximate surface area is 119 Å². The maximum Gasteiger partial charge on any atom is 0.133 e. The Hall–Kier alpha value is -1.87. The van der Waals surface area contributed by atoms with Crippen molar-refractivity contribution in [1.29, 1.82) is 0 Å². The van der Waals surface area contributed by atoms with Crippen LogP contribution >= 0.6 is 0 Å². The molecule has 0 spiro atoms. The zero-order valence-electron chi connectivity index (χ0n) is 12.1. The van der Waals surface area contributed by atoms with Gasteiger partial charge in [-0.1, -0.05) is 17.7 Å². The first-order valence-electron chi connectivity index (χ1n) is 7.13. The van der Waals surface area contributed by atoms with Crippen molar-refractivity contribution in [2.45, 2.75) is 33.3 Å². The molecule has 3 rings (SSSR count). The van der Waals surface area contributed by atoms with Crippen molar-refractivity contribution in [2.24, 2.45) is 0 Å². The molecule has 0 atom stereocenters. The van der Waals surface area contributed by atoms with Crippen LogP contribution < -0.4 is 4.90 Å². The molecule has 1 aromatic heterocycles. The molecule has 2 aromatic rings. The number of aliphatic hydroxyl groups is 1. The Balaban J connectivity index is 2.06. The van der Waals surface area contributed by atoms with Crippen LogP contribution in [-0.4, -0.2) is 16.6 Å². The highest BCUT2D eigenvalue weighted by Crippen LogP contribution is 2.33. The molecule has 0 saturated carbocycles. The lowest BCUT2D eigenvalue weighted by molar-refractivity contribution is 0.281. The van der Waals surface area contributed by atoms with Gasteiger partial charge in [0.1, 0.15) is 5.82 Å². The van der Waals surface area contributed by atoms with E-state index in [1.165, 1.54) is 16.8 Å². The van der Waals surface area contributed by atoms with E-state index in [9.17, 15) is 5.11 Å². The van der Waals surface area contributed by atoms with E-state index in [4.69, 9.17) is 0 Å². The van der Waals surface area contributed by atoms with Crippen molar-refractivity contribution in [3.05, 3.63) is 52.7 Å². The van der Waals surface area contributed by atoms with Gasteiger partial charge in [-0.05, 0) is 56.0 Å². The van der Waals surface area contributed by atoms with E-state index in [1.54, 1.807) is 0 Å². The van der Waals surface area contributed by atoms with Crippen molar-refractivity contribution < 1.29 is 5.11 Å². The second kappa shape index (κ2) is 5.25. The van der Waals surface area contributed by atoms with E-state index in [1.807, 2.05) is 19.1 Å². The Morgan fingerprint density at radius 1 is 1.20 bits per heavy atom. The summed E-state index contributed by atoms with van der Waals surface area (Å²) in [6.45, 7) is 5.15. The summed E-state index contributed by atoms with van der Waals surface area (Å²) in [5.74, 6) is 0.943. The summed E-state index contributed by atoms with van der Waals surface area (Å²) in [5, 5.41) is 9.37. The van der Waals surface area contributed by atoms with Crippen molar-refractivity contribution in [2.75, 3.05) is 11.4 Å². The number of hydrogen-bond acceptors (Lipinski definition) is 3. The van der Waals surface area contributed by atoms with Crippen molar-refractivity contribution in [3.8, 4) is 0 Å². The van der Waals surface area contributed by atoms with E-state index in [0.29, 0.717) is 0 Å². The lowest BCUT2D eigenvalue weighted by Crippen LogP contribution is -2.25. The van der Waals surface area contributed by atoms with Gasteiger partial charge in [0.25, 0.3) is 0 Å². The van der Waals surface area contributed by atoms with Crippen LogP contribution in [0.1, 0.15) is 28.8 Å². The highest BCUT2D eigenvalue weighted by Gasteiger charge is 2.19. The first kappa shape index (κ1) is 13.1. The Bertz CT molecular complexity index is 637. The van der Waals surface area contributed by atoms with E-state index in [-0.39, 0.29) is 6.61 Å². The number of nitrogens with zero attached hydrogens (tertiary/aromatic N) is 2. The molecular weight excluding hydrogens is 248 g/mol. The third-order valence-corrected chi connectivity index (χ3v) is 3.81. The largest absolute Gasteiger partial charge is 0.392 e. The van der Waals surface area contributed by atoms with Gasteiger partial charge in [0, 0.05) is 17.9 Å². The molecule has 20 heavy (non-hydrogen) atoms. The lowest BCUT2D eigenvalue weighted by Gasteiger charge is -2.31. The second-order valence-electron chi connectivity index (χ2n) is 5.52. The zero-order valence-corrected chi connectivity index (χ0v) is 12.1. The number of aromatic nitrogens is 1. The minimum absolute atomic E-state index is 0.0605. The third-order valence-electron chi connectivity index (χ3n) is 3.81. The maximum atomic E-state index is 9.37. The lowest BCUT2D eigenvalue weighted by atomic mass is 9.99. The van der Waals surface area contributed by atoms with Gasteiger partial charge in [-0.3, -0.25) is 0 Å². The van der Waals surface area contributed by atoms with Crippen molar-refractivity contribution in [3.63, 3.8) is 0 Å². The van der Waals surface area contributed by atoms with Gasteiger partial charge >= 0.3 is 0 Å². The molecule has 1 aromatic carbocycles. The topological polar surface area (TPSA) is 36.4 Å². The van der Waals surface area contributed by atoms with Crippen LogP contribution in [0.15, 0.2) is 30.3 Å². The molecule has 0 aliphatic carbocycles. The number of rotatable bonds is 2. The van der Waals surface area contributed by atoms with Gasteiger partial charge in [-0.15, -0.1) is 0 Å². The molecule has 104 valence electrons. The minimum atomic E-state index is 0.0605. The number of fused-ring (bicyclic) bond motifs is 1. The second-order valence-corrected chi connectivity index (χ2v) is 5.52. The van der Waals surface area contributed by atoms with Gasteiger partial charge in [0.2, 0.25) is 0 Å². The first-order chi connectivity index (χ1) is 9.67. The highest BCUT2D eigenvalue weighted by atomic mass is 16.3. The van der Waals surface area contributed by atoms with Crippen LogP contribution in [0.3, 0.4) is 0 Å². The summed E-state index contributed by atoms with van der Waals surface area (Å²) in [4.78, 5) is 6.91. The number of aliphatic hydroxyl groups excluding tert-OH is 1. The summed E-state index contributed by atoms with van der Waals surface area (Å²) in [7, 11) is 0. The SMILES string of the molecule is Cc1ccc2c(c1)CCCN2c1cc(CO)cc(C)n1. The summed E-state index contributed by atoms with van der Waals surface area (Å²) in [5.41, 5.74) is 5.82. The Morgan fingerprint density at radius 2 is 2.05 bits per heavy atom. The predicted molar refractivity (Wildman–Crippen MR) is 81.4 cm³/mol. The molecule has 3 nitrogen and oxygen atoms in total. The molecule has 0 amide bonds. The first-order valence-corrected chi connectivity index (χ1v) is 7.13. The van der Waals surface area contributed by atoms with Gasteiger partial charge in [0.15, 0.2) is 0 Å². The van der Waals surface area contributed by atoms with E-state index < -0.39 is 0 Å². The molecule has 1 aliphatic heterocycles. The van der Waals surface area contributed by atoms with Crippen LogP contribution in [0.2, 0.25) is 0 Å². The van der Waals surface area contributed by atoms with Gasteiger partial charge in [0.05, 0.1) is 6.61 Å². The molecule has 1 N–H and O–H groups in total.